The predicted molar refractivity (Wildman–Crippen MR) is 120 cm³/mol. The Balaban J connectivity index is 1.41. The zero-order chi connectivity index (χ0) is 22.0. The first-order chi connectivity index (χ1) is 14.8. The predicted octanol–water partition coefficient (Wildman–Crippen LogP) is 1.50. The Bertz CT molecular complexity index is 1250. The Morgan fingerprint density at radius 3 is 2.42 bits per heavy atom. The van der Waals surface area contributed by atoms with E-state index in [1.807, 2.05) is 30.3 Å². The van der Waals surface area contributed by atoms with E-state index in [2.05, 4.69) is 9.88 Å². The summed E-state index contributed by atoms with van der Waals surface area (Å²) in [6, 6.07) is 17.4. The third-order valence-corrected chi connectivity index (χ3v) is 7.31. The van der Waals surface area contributed by atoms with Crippen molar-refractivity contribution in [1.82, 2.24) is 14.2 Å². The quantitative estimate of drug-likeness (QED) is 0.649. The molecular formula is C22H24N4O4S. The van der Waals surface area contributed by atoms with E-state index >= 15 is 0 Å². The number of nitrogens with zero attached hydrogens (tertiary/aromatic N) is 3. The first kappa shape index (κ1) is 21.1. The van der Waals surface area contributed by atoms with Gasteiger partial charge >= 0.3 is 0 Å². The number of sulfonamides is 1. The third kappa shape index (κ3) is 4.47. The van der Waals surface area contributed by atoms with Crippen LogP contribution in [0.4, 0.5) is 5.69 Å². The van der Waals surface area contributed by atoms with Crippen molar-refractivity contribution in [3.8, 4) is 0 Å². The SMILES string of the molecule is CN(CC(=O)N1CCN(c2ccccc2)CC1)S(=O)(=O)c1ccc2[nH]c(=O)ccc2c1. The van der Waals surface area contributed by atoms with Crippen LogP contribution in [0.15, 0.2) is 70.4 Å². The number of carbonyl (C=O) groups is 1. The highest BCUT2D eigenvalue weighted by Crippen LogP contribution is 2.20. The smallest absolute Gasteiger partial charge is 0.248 e. The number of aromatic amines is 1. The number of hydrogen-bond donors (Lipinski definition) is 1. The molecular weight excluding hydrogens is 416 g/mol. The minimum Gasteiger partial charge on any atom is -0.368 e. The molecule has 0 saturated carbocycles. The first-order valence-electron chi connectivity index (χ1n) is 10.0. The highest BCUT2D eigenvalue weighted by Gasteiger charge is 2.27. The van der Waals surface area contributed by atoms with E-state index in [-0.39, 0.29) is 22.9 Å². The van der Waals surface area contributed by atoms with Gasteiger partial charge in [0.1, 0.15) is 0 Å². The van der Waals surface area contributed by atoms with E-state index < -0.39 is 10.0 Å². The normalized spacial score (nSPS) is 14.9. The van der Waals surface area contributed by atoms with Crippen LogP contribution in [0.5, 0.6) is 0 Å². The summed E-state index contributed by atoms with van der Waals surface area (Å²) in [6.07, 6.45) is 0. The molecule has 1 aliphatic rings. The number of anilines is 1. The van der Waals surface area contributed by atoms with Gasteiger partial charge in [0.15, 0.2) is 0 Å². The Hall–Kier alpha value is -3.17. The maximum absolute atomic E-state index is 13.0. The van der Waals surface area contributed by atoms with Crippen molar-refractivity contribution in [3.05, 3.63) is 71.0 Å². The van der Waals surface area contributed by atoms with Gasteiger partial charge in [-0.3, -0.25) is 9.59 Å². The second kappa shape index (κ2) is 8.52. The Kier molecular flexibility index (Phi) is 5.79. The number of H-pyrrole nitrogens is 1. The van der Waals surface area contributed by atoms with Crippen molar-refractivity contribution in [3.63, 3.8) is 0 Å². The van der Waals surface area contributed by atoms with Gasteiger partial charge in [0.25, 0.3) is 0 Å². The lowest BCUT2D eigenvalue weighted by atomic mass is 10.2. The van der Waals surface area contributed by atoms with E-state index in [9.17, 15) is 18.0 Å². The average Bonchev–Trinajstić information content (AvgIpc) is 2.79. The molecule has 0 bridgehead atoms. The number of para-hydroxylation sites is 1. The molecule has 3 aromatic rings. The van der Waals surface area contributed by atoms with Crippen molar-refractivity contribution >= 4 is 32.5 Å². The molecule has 8 nitrogen and oxygen atoms in total. The number of likely N-dealkylation sites (N-methyl/N-ethyl adjacent to an activating group) is 1. The molecule has 0 spiro atoms. The number of nitrogens with one attached hydrogen (secondary N) is 1. The summed E-state index contributed by atoms with van der Waals surface area (Å²) in [4.78, 5) is 30.8. The molecule has 2 aromatic carbocycles. The van der Waals surface area contributed by atoms with Crippen LogP contribution in [0.25, 0.3) is 10.9 Å². The molecule has 31 heavy (non-hydrogen) atoms. The summed E-state index contributed by atoms with van der Waals surface area (Å²) in [5.41, 5.74) is 1.42. The summed E-state index contributed by atoms with van der Waals surface area (Å²) < 4.78 is 27.0. The largest absolute Gasteiger partial charge is 0.368 e. The molecule has 4 rings (SSSR count). The van der Waals surface area contributed by atoms with Gasteiger partial charge in [0.05, 0.1) is 11.4 Å². The van der Waals surface area contributed by atoms with Gasteiger partial charge in [-0.2, -0.15) is 4.31 Å². The maximum Gasteiger partial charge on any atom is 0.248 e. The van der Waals surface area contributed by atoms with Crippen LogP contribution in [0.1, 0.15) is 0 Å². The average molecular weight is 441 g/mol. The summed E-state index contributed by atoms with van der Waals surface area (Å²) in [5, 5.41) is 0.609. The maximum atomic E-state index is 13.0. The van der Waals surface area contributed by atoms with E-state index in [0.29, 0.717) is 37.1 Å². The van der Waals surface area contributed by atoms with Crippen molar-refractivity contribution < 1.29 is 13.2 Å². The molecule has 1 saturated heterocycles. The van der Waals surface area contributed by atoms with Gasteiger partial charge in [0.2, 0.25) is 21.5 Å². The van der Waals surface area contributed by atoms with Crippen LogP contribution >= 0.6 is 0 Å². The van der Waals surface area contributed by atoms with Gasteiger partial charge < -0.3 is 14.8 Å². The minimum atomic E-state index is -3.84. The molecule has 2 heterocycles. The fourth-order valence-corrected chi connectivity index (χ4v) is 4.86. The summed E-state index contributed by atoms with van der Waals surface area (Å²) in [6.45, 7) is 2.28. The zero-order valence-electron chi connectivity index (χ0n) is 17.2. The van der Waals surface area contributed by atoms with Crippen molar-refractivity contribution in [2.45, 2.75) is 4.90 Å². The summed E-state index contributed by atoms with van der Waals surface area (Å²) in [7, 11) is -2.44. The zero-order valence-corrected chi connectivity index (χ0v) is 18.0. The molecule has 1 amide bonds. The molecule has 1 aliphatic heterocycles. The van der Waals surface area contributed by atoms with Crippen LogP contribution in [-0.4, -0.2) is 68.3 Å². The molecule has 0 atom stereocenters. The monoisotopic (exact) mass is 440 g/mol. The number of piperazine rings is 1. The van der Waals surface area contributed by atoms with E-state index in [1.54, 1.807) is 17.0 Å². The van der Waals surface area contributed by atoms with Crippen LogP contribution < -0.4 is 10.5 Å². The molecule has 0 unspecified atom stereocenters. The third-order valence-electron chi connectivity index (χ3n) is 5.51. The first-order valence-corrected chi connectivity index (χ1v) is 11.5. The Morgan fingerprint density at radius 2 is 1.71 bits per heavy atom. The minimum absolute atomic E-state index is 0.0799. The van der Waals surface area contributed by atoms with E-state index in [4.69, 9.17) is 0 Å². The van der Waals surface area contributed by atoms with Gasteiger partial charge in [-0.15, -0.1) is 0 Å². The number of fused-ring (bicyclic) bond motifs is 1. The number of benzene rings is 2. The van der Waals surface area contributed by atoms with Crippen LogP contribution in [0.3, 0.4) is 0 Å². The lowest BCUT2D eigenvalue weighted by molar-refractivity contribution is -0.131. The summed E-state index contributed by atoms with van der Waals surface area (Å²) >= 11 is 0. The fourth-order valence-electron chi connectivity index (χ4n) is 3.70. The summed E-state index contributed by atoms with van der Waals surface area (Å²) in [5.74, 6) is -0.219. The fraction of sp³-hybridized carbons (Fsp3) is 0.273. The molecule has 1 N–H and O–H groups in total. The lowest BCUT2D eigenvalue weighted by Crippen LogP contribution is -2.51. The van der Waals surface area contributed by atoms with Gasteiger partial charge in [-0.05, 0) is 41.8 Å². The van der Waals surface area contributed by atoms with Crippen LogP contribution in [0, 0.1) is 0 Å². The Morgan fingerprint density at radius 1 is 1.00 bits per heavy atom. The number of pyridine rings is 1. The second-order valence-electron chi connectivity index (χ2n) is 7.54. The van der Waals surface area contributed by atoms with Gasteiger partial charge in [-0.1, -0.05) is 18.2 Å². The molecule has 1 aromatic heterocycles. The van der Waals surface area contributed by atoms with Crippen LogP contribution in [0.2, 0.25) is 0 Å². The molecule has 1 fully saturated rings. The van der Waals surface area contributed by atoms with Crippen molar-refractivity contribution in [1.29, 1.82) is 0 Å². The number of rotatable bonds is 5. The van der Waals surface area contributed by atoms with E-state index in [0.717, 1.165) is 9.99 Å². The molecule has 0 radical (unpaired) electrons. The standard InChI is InChI=1S/C22H24N4O4S/c1-24(31(29,30)19-8-9-20-17(15-19)7-10-21(27)23-20)16-22(28)26-13-11-25(12-14-26)18-5-3-2-4-6-18/h2-10,15H,11-14,16H2,1H3,(H,23,27). The molecule has 9 heteroatoms. The molecule has 0 aliphatic carbocycles. The molecule has 162 valence electrons. The number of amides is 1. The van der Waals surface area contributed by atoms with E-state index in [1.165, 1.54) is 25.2 Å². The lowest BCUT2D eigenvalue weighted by Gasteiger charge is -2.36. The number of hydrogen-bond acceptors (Lipinski definition) is 5. The Labute approximate surface area is 180 Å². The number of aromatic nitrogens is 1. The number of carbonyl (C=O) groups excluding carboxylic acids is 1. The highest BCUT2D eigenvalue weighted by molar-refractivity contribution is 7.89. The second-order valence-corrected chi connectivity index (χ2v) is 9.58. The van der Waals surface area contributed by atoms with Crippen LogP contribution in [-0.2, 0) is 14.8 Å². The highest BCUT2D eigenvalue weighted by atomic mass is 32.2. The topological polar surface area (TPSA) is 93.8 Å². The van der Waals surface area contributed by atoms with Crippen molar-refractivity contribution in [2.75, 3.05) is 44.7 Å². The van der Waals surface area contributed by atoms with Gasteiger partial charge in [0, 0.05) is 50.5 Å². The van der Waals surface area contributed by atoms with Gasteiger partial charge in [-0.25, -0.2) is 8.42 Å². The van der Waals surface area contributed by atoms with Crippen molar-refractivity contribution in [2.24, 2.45) is 0 Å².